The number of aromatic nitrogens is 2. The molecule has 1 aliphatic heterocycles. The molecule has 0 atom stereocenters. The Morgan fingerprint density at radius 1 is 1.10 bits per heavy atom. The molecule has 5 nitrogen and oxygen atoms in total. The fourth-order valence-electron chi connectivity index (χ4n) is 2.38. The number of aromatic amines is 2. The van der Waals surface area contributed by atoms with Crippen LogP contribution in [0.3, 0.4) is 0 Å². The highest BCUT2D eigenvalue weighted by atomic mass is 16.3. The molecule has 0 aliphatic carbocycles. The normalized spacial score (nSPS) is 14.8. The summed E-state index contributed by atoms with van der Waals surface area (Å²) in [5.41, 5.74) is 1.67. The maximum Gasteiger partial charge on any atom is 0.272 e. The van der Waals surface area contributed by atoms with Crippen molar-refractivity contribution in [2.24, 2.45) is 4.99 Å². The standard InChI is InChI=1S/C16H11N3O2/c20-16-12(15(18-19-16)14-6-3-7-21-14)9-11-8-10-4-1-2-5-13(10)17-11/h1-9H,(H2,18,19,20). The molecule has 0 fully saturated rings. The maximum absolute atomic E-state index is 12.0. The van der Waals surface area contributed by atoms with E-state index >= 15 is 0 Å². The molecule has 5 heteroatoms. The Kier molecular flexibility index (Phi) is 2.50. The van der Waals surface area contributed by atoms with Crippen molar-refractivity contribution in [3.63, 3.8) is 0 Å². The van der Waals surface area contributed by atoms with Gasteiger partial charge in [0.15, 0.2) is 5.76 Å². The molecule has 1 aliphatic rings. The van der Waals surface area contributed by atoms with Crippen molar-refractivity contribution in [1.29, 1.82) is 0 Å². The number of benzene rings is 1. The zero-order valence-electron chi connectivity index (χ0n) is 11.0. The van der Waals surface area contributed by atoms with Gasteiger partial charge in [-0.05, 0) is 30.4 Å². The van der Waals surface area contributed by atoms with Gasteiger partial charge in [0.25, 0.3) is 5.56 Å². The molecule has 3 aromatic rings. The van der Waals surface area contributed by atoms with Gasteiger partial charge < -0.3 is 4.42 Å². The van der Waals surface area contributed by atoms with Gasteiger partial charge in [0.1, 0.15) is 5.69 Å². The second-order valence-electron chi connectivity index (χ2n) is 4.73. The van der Waals surface area contributed by atoms with Gasteiger partial charge in [-0.15, -0.1) is 0 Å². The van der Waals surface area contributed by atoms with Crippen molar-refractivity contribution in [1.82, 2.24) is 10.2 Å². The molecule has 0 saturated carbocycles. The number of allylic oxidation sites excluding steroid dienone is 1. The van der Waals surface area contributed by atoms with Crippen molar-refractivity contribution < 1.29 is 4.42 Å². The summed E-state index contributed by atoms with van der Waals surface area (Å²) in [7, 11) is 0. The molecule has 0 amide bonds. The van der Waals surface area contributed by atoms with E-state index in [9.17, 15) is 4.79 Å². The number of rotatable bonds is 2. The van der Waals surface area contributed by atoms with Gasteiger partial charge in [0, 0.05) is 5.22 Å². The van der Waals surface area contributed by atoms with Gasteiger partial charge in [0.2, 0.25) is 0 Å². The Hall–Kier alpha value is -3.08. The molecule has 0 spiro atoms. The zero-order chi connectivity index (χ0) is 14.2. The van der Waals surface area contributed by atoms with Crippen molar-refractivity contribution in [2.45, 2.75) is 0 Å². The average molecular weight is 277 g/mol. The number of hydrogen-bond donors (Lipinski definition) is 2. The first-order valence-electron chi connectivity index (χ1n) is 6.53. The summed E-state index contributed by atoms with van der Waals surface area (Å²) in [4.78, 5) is 16.5. The lowest BCUT2D eigenvalue weighted by Crippen LogP contribution is -2.19. The first kappa shape index (κ1) is 11.7. The summed E-state index contributed by atoms with van der Waals surface area (Å²) >= 11 is 0. The van der Waals surface area contributed by atoms with Gasteiger partial charge in [-0.3, -0.25) is 15.0 Å². The third-order valence-corrected chi connectivity index (χ3v) is 3.36. The number of hydrogen-bond acceptors (Lipinski definition) is 3. The summed E-state index contributed by atoms with van der Waals surface area (Å²) in [6.45, 7) is 0. The number of para-hydroxylation sites is 1. The second kappa shape index (κ2) is 4.49. The number of furan rings is 1. The Morgan fingerprint density at radius 2 is 2.00 bits per heavy atom. The van der Waals surface area contributed by atoms with E-state index in [0.717, 1.165) is 16.3 Å². The summed E-state index contributed by atoms with van der Waals surface area (Å²) in [5, 5.41) is 7.38. The van der Waals surface area contributed by atoms with Crippen LogP contribution in [0.25, 0.3) is 23.6 Å². The molecular formula is C16H11N3O2. The van der Waals surface area contributed by atoms with E-state index in [1.54, 1.807) is 24.5 Å². The fraction of sp³-hybridized carbons (Fsp3) is 0. The highest BCUT2D eigenvalue weighted by Gasteiger charge is 2.13. The summed E-state index contributed by atoms with van der Waals surface area (Å²) in [5.74, 6) is 0.607. The SMILES string of the molecule is O=c1[nH][nH]c(-c2ccco2)c1C=C1C=c2ccccc2=N1. The molecule has 0 saturated heterocycles. The Balaban J connectivity index is 1.87. The molecule has 3 heterocycles. The van der Waals surface area contributed by atoms with Crippen LogP contribution < -0.4 is 16.1 Å². The third kappa shape index (κ3) is 1.95. The van der Waals surface area contributed by atoms with Crippen molar-refractivity contribution >= 4 is 12.2 Å². The topological polar surface area (TPSA) is 74.2 Å². The lowest BCUT2D eigenvalue weighted by atomic mass is 10.1. The van der Waals surface area contributed by atoms with E-state index in [0.29, 0.717) is 17.0 Å². The van der Waals surface area contributed by atoms with Crippen LogP contribution in [0.5, 0.6) is 0 Å². The molecule has 0 unspecified atom stereocenters. The van der Waals surface area contributed by atoms with Crippen LogP contribution in [0.1, 0.15) is 5.56 Å². The predicted molar refractivity (Wildman–Crippen MR) is 78.8 cm³/mol. The highest BCUT2D eigenvalue weighted by Crippen LogP contribution is 2.21. The number of H-pyrrole nitrogens is 2. The van der Waals surface area contributed by atoms with Crippen LogP contribution in [0, 0.1) is 0 Å². The number of nitrogens with zero attached hydrogens (tertiary/aromatic N) is 1. The zero-order valence-corrected chi connectivity index (χ0v) is 11.0. The number of fused-ring (bicyclic) bond motifs is 1. The quantitative estimate of drug-likeness (QED) is 0.743. The lowest BCUT2D eigenvalue weighted by molar-refractivity contribution is 0.579. The highest BCUT2D eigenvalue weighted by molar-refractivity contribution is 5.73. The van der Waals surface area contributed by atoms with E-state index in [4.69, 9.17) is 4.42 Å². The summed E-state index contributed by atoms with van der Waals surface area (Å²) in [6.07, 6.45) is 5.28. The second-order valence-corrected chi connectivity index (χ2v) is 4.73. The molecule has 0 radical (unpaired) electrons. The molecule has 1 aromatic carbocycles. The maximum atomic E-state index is 12.0. The minimum Gasteiger partial charge on any atom is -0.463 e. The molecular weight excluding hydrogens is 266 g/mol. The van der Waals surface area contributed by atoms with Gasteiger partial charge in [0.05, 0.1) is 22.9 Å². The largest absolute Gasteiger partial charge is 0.463 e. The average Bonchev–Trinajstić information content (AvgIpc) is 3.19. The van der Waals surface area contributed by atoms with Crippen LogP contribution >= 0.6 is 0 Å². The summed E-state index contributed by atoms with van der Waals surface area (Å²) < 4.78 is 5.34. The Bertz CT molecular complexity index is 967. The van der Waals surface area contributed by atoms with Crippen LogP contribution in [0.15, 0.2) is 62.6 Å². The van der Waals surface area contributed by atoms with E-state index in [1.165, 1.54) is 0 Å². The minimum absolute atomic E-state index is 0.201. The minimum atomic E-state index is -0.201. The van der Waals surface area contributed by atoms with Gasteiger partial charge in [-0.1, -0.05) is 18.2 Å². The smallest absolute Gasteiger partial charge is 0.272 e. The lowest BCUT2D eigenvalue weighted by Gasteiger charge is -1.94. The van der Waals surface area contributed by atoms with Gasteiger partial charge >= 0.3 is 0 Å². The predicted octanol–water partition coefficient (Wildman–Crippen LogP) is 1.42. The number of nitrogens with one attached hydrogen (secondary N) is 2. The van der Waals surface area contributed by atoms with Crippen LogP contribution in [-0.2, 0) is 0 Å². The van der Waals surface area contributed by atoms with Gasteiger partial charge in [-0.2, -0.15) is 0 Å². The van der Waals surface area contributed by atoms with Crippen LogP contribution in [0.4, 0.5) is 0 Å². The Morgan fingerprint density at radius 3 is 2.81 bits per heavy atom. The van der Waals surface area contributed by atoms with Gasteiger partial charge in [-0.25, -0.2) is 4.99 Å². The molecule has 21 heavy (non-hydrogen) atoms. The van der Waals surface area contributed by atoms with E-state index < -0.39 is 0 Å². The van der Waals surface area contributed by atoms with E-state index in [-0.39, 0.29) is 5.56 Å². The monoisotopic (exact) mass is 277 g/mol. The molecule has 2 aromatic heterocycles. The fourth-order valence-corrected chi connectivity index (χ4v) is 2.38. The summed E-state index contributed by atoms with van der Waals surface area (Å²) in [6, 6.07) is 11.4. The molecule has 2 N–H and O–H groups in total. The Labute approximate surface area is 119 Å². The van der Waals surface area contributed by atoms with E-state index in [1.807, 2.05) is 30.3 Å². The molecule has 0 bridgehead atoms. The van der Waals surface area contributed by atoms with Crippen LogP contribution in [-0.4, -0.2) is 10.2 Å². The third-order valence-electron chi connectivity index (χ3n) is 3.36. The van der Waals surface area contributed by atoms with Crippen molar-refractivity contribution in [2.75, 3.05) is 0 Å². The molecule has 102 valence electrons. The van der Waals surface area contributed by atoms with E-state index in [2.05, 4.69) is 15.2 Å². The van der Waals surface area contributed by atoms with Crippen molar-refractivity contribution in [3.05, 3.63) is 74.9 Å². The molecule has 4 rings (SSSR count). The van der Waals surface area contributed by atoms with Crippen LogP contribution in [0.2, 0.25) is 0 Å². The first-order chi connectivity index (χ1) is 10.3. The first-order valence-corrected chi connectivity index (χ1v) is 6.53. The van der Waals surface area contributed by atoms with Crippen molar-refractivity contribution in [3.8, 4) is 11.5 Å².